The van der Waals surface area contributed by atoms with Crippen LogP contribution in [0.25, 0.3) is 0 Å². The molecule has 4 rings (SSSR count). The van der Waals surface area contributed by atoms with Crippen LogP contribution in [0.2, 0.25) is 10.0 Å². The number of anilines is 2. The molecule has 152 valence electrons. The van der Waals surface area contributed by atoms with E-state index >= 15 is 0 Å². The topological polar surface area (TPSA) is 49.4 Å². The predicted molar refractivity (Wildman–Crippen MR) is 117 cm³/mol. The summed E-state index contributed by atoms with van der Waals surface area (Å²) in [6.45, 7) is 0.560. The van der Waals surface area contributed by atoms with Gasteiger partial charge in [-0.3, -0.25) is 9.59 Å². The van der Waals surface area contributed by atoms with Gasteiger partial charge in [0.25, 0.3) is 11.8 Å². The first kappa shape index (κ1) is 20.4. The third-order valence-corrected chi connectivity index (χ3v) is 5.63. The zero-order chi connectivity index (χ0) is 21.3. The van der Waals surface area contributed by atoms with Gasteiger partial charge in [-0.05, 0) is 73.0 Å². The van der Waals surface area contributed by atoms with Gasteiger partial charge in [-0.15, -0.1) is 0 Å². The van der Waals surface area contributed by atoms with Gasteiger partial charge in [-0.1, -0.05) is 29.3 Å². The van der Waals surface area contributed by atoms with Crippen molar-refractivity contribution in [2.75, 3.05) is 16.8 Å². The number of fused-ring (bicyclic) bond motifs is 1. The van der Waals surface area contributed by atoms with Crippen LogP contribution in [0.15, 0.2) is 60.7 Å². The summed E-state index contributed by atoms with van der Waals surface area (Å²) in [5.74, 6) is -0.925. The average molecular weight is 443 g/mol. The largest absolute Gasteiger partial charge is 0.319 e. The number of hydrogen-bond donors (Lipinski definition) is 1. The van der Waals surface area contributed by atoms with Crippen LogP contribution in [0.5, 0.6) is 0 Å². The Labute approximate surface area is 183 Å². The average Bonchev–Trinajstić information content (AvgIpc) is 2.75. The number of carbonyl (C=O) groups excluding carboxylic acids is 2. The molecule has 1 N–H and O–H groups in total. The summed E-state index contributed by atoms with van der Waals surface area (Å²) in [7, 11) is 0. The van der Waals surface area contributed by atoms with Crippen LogP contribution in [0, 0.1) is 5.82 Å². The van der Waals surface area contributed by atoms with Crippen molar-refractivity contribution in [2.45, 2.75) is 12.8 Å². The third-order valence-electron chi connectivity index (χ3n) is 5.00. The molecule has 0 bridgehead atoms. The molecule has 0 saturated carbocycles. The number of benzene rings is 3. The standard InChI is InChI=1S/C23H17Cl2FN2O2/c24-18-4-1-5-19(25)21(18)27-22(29)16-8-11-20-15(13-16)3-2-12-28(20)23(30)14-6-9-17(26)10-7-14/h1,4-11,13H,2-3,12H2,(H,27,29). The quantitative estimate of drug-likeness (QED) is 0.542. The van der Waals surface area contributed by atoms with E-state index in [1.165, 1.54) is 24.3 Å². The van der Waals surface area contributed by atoms with Gasteiger partial charge in [0.05, 0.1) is 15.7 Å². The van der Waals surface area contributed by atoms with E-state index in [0.29, 0.717) is 33.4 Å². The van der Waals surface area contributed by atoms with Crippen molar-refractivity contribution in [1.29, 1.82) is 0 Å². The number of aryl methyl sites for hydroxylation is 1. The van der Waals surface area contributed by atoms with E-state index in [9.17, 15) is 14.0 Å². The molecule has 1 aliphatic rings. The van der Waals surface area contributed by atoms with Crippen LogP contribution in [0.1, 0.15) is 32.7 Å². The number of carbonyl (C=O) groups is 2. The van der Waals surface area contributed by atoms with Crippen molar-refractivity contribution < 1.29 is 14.0 Å². The number of hydrogen-bond acceptors (Lipinski definition) is 2. The Kier molecular flexibility index (Phi) is 5.75. The molecule has 4 nitrogen and oxygen atoms in total. The van der Waals surface area contributed by atoms with Crippen molar-refractivity contribution in [2.24, 2.45) is 0 Å². The number of rotatable bonds is 3. The molecule has 1 heterocycles. The SMILES string of the molecule is O=C(Nc1c(Cl)cccc1Cl)c1ccc2c(c1)CCCN2C(=O)c1ccc(F)cc1. The molecule has 0 unspecified atom stereocenters. The van der Waals surface area contributed by atoms with Crippen molar-refractivity contribution >= 4 is 46.4 Å². The molecule has 0 spiro atoms. The second-order valence-electron chi connectivity index (χ2n) is 6.96. The van der Waals surface area contributed by atoms with E-state index in [1.807, 2.05) is 0 Å². The maximum atomic E-state index is 13.2. The van der Waals surface area contributed by atoms with Crippen LogP contribution >= 0.6 is 23.2 Å². The van der Waals surface area contributed by atoms with E-state index in [-0.39, 0.29) is 17.6 Å². The van der Waals surface area contributed by atoms with Gasteiger partial charge in [0, 0.05) is 23.4 Å². The fourth-order valence-electron chi connectivity index (χ4n) is 3.50. The monoisotopic (exact) mass is 442 g/mol. The Hall–Kier alpha value is -2.89. The van der Waals surface area contributed by atoms with Gasteiger partial charge in [-0.25, -0.2) is 4.39 Å². The first-order valence-electron chi connectivity index (χ1n) is 9.40. The van der Waals surface area contributed by atoms with Crippen molar-refractivity contribution in [3.8, 4) is 0 Å². The molecule has 0 radical (unpaired) electrons. The molecule has 0 saturated heterocycles. The second-order valence-corrected chi connectivity index (χ2v) is 7.78. The molecule has 0 atom stereocenters. The number of amides is 2. The lowest BCUT2D eigenvalue weighted by Gasteiger charge is -2.30. The molecule has 7 heteroatoms. The minimum atomic E-state index is -0.389. The minimum Gasteiger partial charge on any atom is -0.319 e. The summed E-state index contributed by atoms with van der Waals surface area (Å²) in [5, 5.41) is 3.45. The molecular weight excluding hydrogens is 426 g/mol. The van der Waals surface area contributed by atoms with Gasteiger partial charge < -0.3 is 10.2 Å². The fourth-order valence-corrected chi connectivity index (χ4v) is 3.99. The summed E-state index contributed by atoms with van der Waals surface area (Å²) in [5.41, 5.74) is 2.87. The molecule has 0 aromatic heterocycles. The highest BCUT2D eigenvalue weighted by atomic mass is 35.5. The van der Waals surface area contributed by atoms with Crippen molar-refractivity contribution in [1.82, 2.24) is 0 Å². The number of nitrogens with one attached hydrogen (secondary N) is 1. The first-order chi connectivity index (χ1) is 14.4. The van der Waals surface area contributed by atoms with Gasteiger partial charge in [0.1, 0.15) is 5.82 Å². The maximum Gasteiger partial charge on any atom is 0.258 e. The third kappa shape index (κ3) is 4.04. The summed E-state index contributed by atoms with van der Waals surface area (Å²) < 4.78 is 13.2. The van der Waals surface area contributed by atoms with Gasteiger partial charge in [0.2, 0.25) is 0 Å². The Balaban J connectivity index is 1.59. The zero-order valence-corrected chi connectivity index (χ0v) is 17.3. The predicted octanol–water partition coefficient (Wildman–Crippen LogP) is 5.98. The van der Waals surface area contributed by atoms with Gasteiger partial charge in [0.15, 0.2) is 0 Å². The molecule has 0 fully saturated rings. The van der Waals surface area contributed by atoms with Crippen LogP contribution in [-0.4, -0.2) is 18.4 Å². The van der Waals surface area contributed by atoms with Crippen LogP contribution in [0.3, 0.4) is 0 Å². The summed E-state index contributed by atoms with van der Waals surface area (Å²) in [6, 6.07) is 15.7. The van der Waals surface area contributed by atoms with Gasteiger partial charge >= 0.3 is 0 Å². The van der Waals surface area contributed by atoms with Crippen LogP contribution < -0.4 is 10.2 Å². The number of para-hydroxylation sites is 1. The van der Waals surface area contributed by atoms with Crippen molar-refractivity contribution in [3.63, 3.8) is 0 Å². The first-order valence-corrected chi connectivity index (χ1v) is 10.2. The highest BCUT2D eigenvalue weighted by Crippen LogP contribution is 2.32. The Morgan fingerprint density at radius 1 is 0.933 bits per heavy atom. The van der Waals surface area contributed by atoms with Crippen LogP contribution in [0.4, 0.5) is 15.8 Å². The van der Waals surface area contributed by atoms with E-state index in [1.54, 1.807) is 41.3 Å². The lowest BCUT2D eigenvalue weighted by Crippen LogP contribution is -2.35. The Morgan fingerprint density at radius 2 is 1.60 bits per heavy atom. The normalized spacial score (nSPS) is 13.0. The van der Waals surface area contributed by atoms with E-state index in [4.69, 9.17) is 23.2 Å². The Bertz CT molecular complexity index is 1110. The zero-order valence-electron chi connectivity index (χ0n) is 15.8. The highest BCUT2D eigenvalue weighted by Gasteiger charge is 2.24. The molecule has 1 aliphatic heterocycles. The minimum absolute atomic E-state index is 0.198. The van der Waals surface area contributed by atoms with Gasteiger partial charge in [-0.2, -0.15) is 0 Å². The lowest BCUT2D eigenvalue weighted by atomic mass is 9.98. The molecule has 2 amide bonds. The van der Waals surface area contributed by atoms with E-state index in [2.05, 4.69) is 5.32 Å². The smallest absolute Gasteiger partial charge is 0.258 e. The summed E-state index contributed by atoms with van der Waals surface area (Å²) >= 11 is 12.3. The molecule has 3 aromatic carbocycles. The second kappa shape index (κ2) is 8.46. The number of nitrogens with zero attached hydrogens (tertiary/aromatic N) is 1. The molecular formula is C23H17Cl2FN2O2. The maximum absolute atomic E-state index is 13.2. The molecule has 30 heavy (non-hydrogen) atoms. The summed E-state index contributed by atoms with van der Waals surface area (Å²) in [4.78, 5) is 27.3. The fraction of sp³-hybridized carbons (Fsp3) is 0.130. The van der Waals surface area contributed by atoms with E-state index < -0.39 is 0 Å². The number of halogens is 3. The highest BCUT2D eigenvalue weighted by molar-refractivity contribution is 6.40. The lowest BCUT2D eigenvalue weighted by molar-refractivity contribution is 0.0984. The molecule has 0 aliphatic carbocycles. The van der Waals surface area contributed by atoms with Crippen molar-refractivity contribution in [3.05, 3.63) is 93.2 Å². The summed E-state index contributed by atoms with van der Waals surface area (Å²) in [6.07, 6.45) is 1.51. The van der Waals surface area contributed by atoms with Crippen LogP contribution in [-0.2, 0) is 6.42 Å². The molecule has 3 aromatic rings. The van der Waals surface area contributed by atoms with E-state index in [0.717, 1.165) is 24.1 Å². The Morgan fingerprint density at radius 3 is 2.30 bits per heavy atom.